The zero-order valence-corrected chi connectivity index (χ0v) is 19.6. The van der Waals surface area contributed by atoms with Gasteiger partial charge in [-0.3, -0.25) is 0 Å². The molecule has 0 nitrogen and oxygen atoms in total. The van der Waals surface area contributed by atoms with Crippen LogP contribution in [0, 0.1) is 0 Å². The van der Waals surface area contributed by atoms with Gasteiger partial charge in [-0.1, -0.05) is 0 Å². The second-order valence-corrected chi connectivity index (χ2v) is 41.3. The molecule has 0 bridgehead atoms. The predicted octanol–water partition coefficient (Wildman–Crippen LogP) is 7.07. The number of hydrogen-bond donors (Lipinski definition) is 0. The Morgan fingerprint density at radius 3 is 1.48 bits per heavy atom. The fourth-order valence-corrected chi connectivity index (χ4v) is 17.5. The molecule has 4 aromatic rings. The van der Waals surface area contributed by atoms with E-state index >= 15 is 0 Å². The zero-order valence-electron chi connectivity index (χ0n) is 13.6. The summed E-state index contributed by atoms with van der Waals surface area (Å²) >= 11 is 5.77. The minimum absolute atomic E-state index is 1.16. The van der Waals surface area contributed by atoms with Crippen LogP contribution in [0.15, 0.2) is 72.8 Å². The number of benzene rings is 4. The van der Waals surface area contributed by atoms with E-state index < -0.39 is 13.9 Å². The Morgan fingerprint density at radius 2 is 1.00 bits per heavy atom. The van der Waals surface area contributed by atoms with Crippen molar-refractivity contribution in [2.75, 3.05) is 0 Å². The molecular weight excluding hydrogens is 543 g/mol. The summed E-state index contributed by atoms with van der Waals surface area (Å²) in [6.07, 6.45) is 0. The number of fused-ring (bicyclic) bond motifs is 7. The summed E-state index contributed by atoms with van der Waals surface area (Å²) in [7, 11) is 0. The number of hydrogen-bond acceptors (Lipinski definition) is 0. The van der Waals surface area contributed by atoms with Gasteiger partial charge in [-0.25, -0.2) is 0 Å². The average molecular weight is 559 g/mol. The molecule has 0 saturated heterocycles. The van der Waals surface area contributed by atoms with Crippen molar-refractivity contribution in [2.45, 2.75) is 8.87 Å². The molecule has 0 spiro atoms. The molecule has 0 atom stereocenters. The van der Waals surface area contributed by atoms with E-state index in [9.17, 15) is 0 Å². The summed E-state index contributed by atoms with van der Waals surface area (Å²) in [6.45, 7) is 0. The quantitative estimate of drug-likeness (QED) is 0.203. The molecule has 0 aromatic heterocycles. The molecule has 0 amide bonds. The molecule has 0 unspecified atom stereocenters. The van der Waals surface area contributed by atoms with Crippen LogP contribution in [-0.4, -0.2) is 13.9 Å². The molecule has 0 fully saturated rings. The second kappa shape index (κ2) is 6.10. The molecular formula is C22H16Br2Sn. The summed E-state index contributed by atoms with van der Waals surface area (Å²) in [5.41, 5.74) is 5.86. The van der Waals surface area contributed by atoms with Crippen LogP contribution >= 0.6 is 25.4 Å². The van der Waals surface area contributed by atoms with E-state index in [1.165, 1.54) is 43.8 Å². The van der Waals surface area contributed by atoms with E-state index in [0.717, 1.165) is 8.87 Å². The van der Waals surface area contributed by atoms with Crippen LogP contribution in [0.3, 0.4) is 0 Å². The fourth-order valence-electron chi connectivity index (χ4n) is 4.14. The van der Waals surface area contributed by atoms with Crippen molar-refractivity contribution in [3.63, 3.8) is 0 Å². The van der Waals surface area contributed by atoms with Gasteiger partial charge in [0.05, 0.1) is 0 Å². The fraction of sp³-hybridized carbons (Fsp3) is 0.0909. The predicted molar refractivity (Wildman–Crippen MR) is 118 cm³/mol. The molecule has 0 saturated carbocycles. The van der Waals surface area contributed by atoms with Gasteiger partial charge in [0.1, 0.15) is 0 Å². The van der Waals surface area contributed by atoms with Gasteiger partial charge in [0, 0.05) is 0 Å². The van der Waals surface area contributed by atoms with Gasteiger partial charge >= 0.3 is 165 Å². The second-order valence-electron chi connectivity index (χ2n) is 6.85. The first-order valence-corrected chi connectivity index (χ1v) is 25.4. The standard InChI is InChI=1S/C22H16.2BrH.Sn/c1-15-11-13-17-7-3-5-9-19(17)21(15)22-16(2)12-14-18-8-4-6-10-20(18)22;;;/h3-14H,1-2H2;2*1H;/q;;;+2/p-2. The molecule has 3 heteroatoms. The third-order valence-corrected chi connectivity index (χ3v) is 17.8. The van der Waals surface area contributed by atoms with Crippen LogP contribution in [0.25, 0.3) is 32.7 Å². The van der Waals surface area contributed by atoms with Gasteiger partial charge in [0.2, 0.25) is 0 Å². The third-order valence-electron chi connectivity index (χ3n) is 5.18. The molecule has 0 N–H and O–H groups in total. The molecule has 0 radical (unpaired) electrons. The van der Waals surface area contributed by atoms with Crippen molar-refractivity contribution >= 4 is 60.9 Å². The summed E-state index contributed by atoms with van der Waals surface area (Å²) < 4.78 is 2.33. The Morgan fingerprint density at radius 1 is 0.560 bits per heavy atom. The van der Waals surface area contributed by atoms with Gasteiger partial charge in [-0.15, -0.1) is 0 Å². The van der Waals surface area contributed by atoms with Crippen molar-refractivity contribution in [1.82, 2.24) is 0 Å². The van der Waals surface area contributed by atoms with Crippen LogP contribution in [0.5, 0.6) is 0 Å². The monoisotopic (exact) mass is 558 g/mol. The summed E-state index contributed by atoms with van der Waals surface area (Å²) in [6, 6.07) is 26.9. The maximum absolute atomic E-state index is 4.14. The van der Waals surface area contributed by atoms with E-state index in [2.05, 4.69) is 98.2 Å². The molecule has 0 aliphatic carbocycles. The average Bonchev–Trinajstić information content (AvgIpc) is 2.73. The van der Waals surface area contributed by atoms with Gasteiger partial charge in [-0.2, -0.15) is 0 Å². The zero-order chi connectivity index (χ0) is 17.0. The van der Waals surface area contributed by atoms with Crippen LogP contribution < -0.4 is 0 Å². The van der Waals surface area contributed by atoms with E-state index in [-0.39, 0.29) is 0 Å². The van der Waals surface area contributed by atoms with Crippen molar-refractivity contribution in [1.29, 1.82) is 0 Å². The van der Waals surface area contributed by atoms with Crippen molar-refractivity contribution in [3.05, 3.63) is 83.9 Å². The Bertz CT molecular complexity index is 1040. The van der Waals surface area contributed by atoms with Crippen LogP contribution in [-0.2, 0) is 8.87 Å². The summed E-state index contributed by atoms with van der Waals surface area (Å²) in [5.74, 6) is 0. The van der Waals surface area contributed by atoms with Gasteiger partial charge in [-0.05, 0) is 0 Å². The van der Waals surface area contributed by atoms with Gasteiger partial charge in [0.25, 0.3) is 0 Å². The maximum atomic E-state index is 4.14. The summed E-state index contributed by atoms with van der Waals surface area (Å²) in [5, 5.41) is 5.40. The first-order chi connectivity index (χ1) is 12.1. The van der Waals surface area contributed by atoms with Crippen molar-refractivity contribution in [3.8, 4) is 11.1 Å². The first-order valence-electron chi connectivity index (χ1n) is 8.52. The van der Waals surface area contributed by atoms with E-state index in [4.69, 9.17) is 0 Å². The van der Waals surface area contributed by atoms with Crippen molar-refractivity contribution < 1.29 is 0 Å². The van der Waals surface area contributed by atoms with Crippen molar-refractivity contribution in [2.24, 2.45) is 0 Å². The topological polar surface area (TPSA) is 0 Å². The normalized spacial score (nSPS) is 15.6. The molecule has 1 aliphatic rings. The van der Waals surface area contributed by atoms with Crippen LogP contribution in [0.4, 0.5) is 0 Å². The SMILES string of the molecule is [Br][Sn]1([Br])[CH2]c2ccc3ccccc3c2-c2c(ccc3ccccc23)[CH2]1. The molecule has 4 aromatic carbocycles. The molecule has 1 heterocycles. The number of halogens is 2. The Labute approximate surface area is 163 Å². The van der Waals surface area contributed by atoms with Crippen LogP contribution in [0.1, 0.15) is 11.1 Å². The van der Waals surface area contributed by atoms with E-state index in [0.29, 0.717) is 0 Å². The van der Waals surface area contributed by atoms with Gasteiger partial charge < -0.3 is 0 Å². The first kappa shape index (κ1) is 16.3. The Balaban J connectivity index is 2.00. The molecule has 25 heavy (non-hydrogen) atoms. The molecule has 122 valence electrons. The van der Waals surface area contributed by atoms with E-state index in [1.54, 1.807) is 0 Å². The molecule has 5 rings (SSSR count). The van der Waals surface area contributed by atoms with Gasteiger partial charge in [0.15, 0.2) is 0 Å². The Hall–Kier alpha value is -0.841. The third kappa shape index (κ3) is 2.77. The number of rotatable bonds is 0. The minimum atomic E-state index is -2.51. The van der Waals surface area contributed by atoms with Crippen LogP contribution in [0.2, 0.25) is 0 Å². The molecule has 1 aliphatic heterocycles. The Kier molecular flexibility index (Phi) is 3.99. The summed E-state index contributed by atoms with van der Waals surface area (Å²) in [4.78, 5) is 0. The van der Waals surface area contributed by atoms with E-state index in [1.807, 2.05) is 0 Å².